The van der Waals surface area contributed by atoms with Crippen molar-refractivity contribution in [2.45, 2.75) is 0 Å². The second-order valence-electron chi connectivity index (χ2n) is 8.27. The Morgan fingerprint density at radius 2 is 2.03 bits per heavy atom. The topological polar surface area (TPSA) is 119 Å². The van der Waals surface area contributed by atoms with Crippen molar-refractivity contribution in [1.82, 2.24) is 20.2 Å². The van der Waals surface area contributed by atoms with Crippen LogP contribution in [0.4, 0.5) is 11.5 Å². The molecule has 0 bridgehead atoms. The molecule has 0 radical (unpaired) electrons. The highest BCUT2D eigenvalue weighted by atomic mass is 32.1. The van der Waals surface area contributed by atoms with Gasteiger partial charge in [0.15, 0.2) is 11.6 Å². The first kappa shape index (κ1) is 21.5. The number of hydrogen-bond acceptors (Lipinski definition) is 9. The number of nitrogen functional groups attached to an aromatic ring is 1. The predicted octanol–water partition coefficient (Wildman–Crippen LogP) is 4.11. The summed E-state index contributed by atoms with van der Waals surface area (Å²) >= 11 is 1.58. The lowest BCUT2D eigenvalue weighted by Crippen LogP contribution is -2.36. The molecule has 6 rings (SSSR count). The van der Waals surface area contributed by atoms with Crippen molar-refractivity contribution in [3.8, 4) is 21.8 Å². The van der Waals surface area contributed by atoms with E-state index in [4.69, 9.17) is 25.2 Å². The third-order valence-corrected chi connectivity index (χ3v) is 7.22. The summed E-state index contributed by atoms with van der Waals surface area (Å²) in [6.45, 7) is 2.79. The Labute approximate surface area is 204 Å². The van der Waals surface area contributed by atoms with E-state index in [1.807, 2.05) is 30.3 Å². The van der Waals surface area contributed by atoms with E-state index in [0.717, 1.165) is 56.0 Å². The fourth-order valence-electron chi connectivity index (χ4n) is 4.36. The zero-order chi connectivity index (χ0) is 23.9. The van der Waals surface area contributed by atoms with E-state index in [0.29, 0.717) is 30.3 Å². The number of esters is 1. The second kappa shape index (κ2) is 8.64. The number of aromatic amines is 1. The summed E-state index contributed by atoms with van der Waals surface area (Å²) in [5.74, 6) is 1.09. The highest BCUT2D eigenvalue weighted by molar-refractivity contribution is 7.22. The van der Waals surface area contributed by atoms with Crippen LogP contribution in [0.25, 0.3) is 42.9 Å². The van der Waals surface area contributed by atoms with Gasteiger partial charge >= 0.3 is 5.97 Å². The summed E-state index contributed by atoms with van der Waals surface area (Å²) in [5.41, 5.74) is 10.5. The molecule has 3 aromatic heterocycles. The first-order chi connectivity index (χ1) is 17.1. The Morgan fingerprint density at radius 1 is 1.17 bits per heavy atom. The van der Waals surface area contributed by atoms with Gasteiger partial charge in [-0.05, 0) is 35.9 Å². The van der Waals surface area contributed by atoms with Crippen molar-refractivity contribution < 1.29 is 14.3 Å². The lowest BCUT2D eigenvalue weighted by atomic mass is 10.1. The number of thiophene rings is 1. The zero-order valence-electron chi connectivity index (χ0n) is 18.9. The van der Waals surface area contributed by atoms with Gasteiger partial charge in [0.2, 0.25) is 0 Å². The molecule has 35 heavy (non-hydrogen) atoms. The van der Waals surface area contributed by atoms with E-state index in [9.17, 15) is 4.79 Å². The molecule has 9 nitrogen and oxygen atoms in total. The molecule has 2 aromatic carbocycles. The number of aromatic nitrogens is 4. The fraction of sp³-hybridized carbons (Fsp3) is 0.200. The summed E-state index contributed by atoms with van der Waals surface area (Å²) in [5, 5.41) is 8.17. The van der Waals surface area contributed by atoms with Crippen molar-refractivity contribution >= 4 is 49.9 Å². The Kier molecular flexibility index (Phi) is 5.31. The number of nitrogens with zero attached hydrogens (tertiary/aromatic N) is 4. The third-order valence-electron chi connectivity index (χ3n) is 6.05. The number of nitrogens with two attached hydrogens (primary N) is 1. The molecule has 0 unspecified atom stereocenters. The van der Waals surface area contributed by atoms with Crippen molar-refractivity contribution in [1.29, 1.82) is 0 Å². The van der Waals surface area contributed by atoms with Crippen LogP contribution in [0.3, 0.4) is 0 Å². The Bertz CT molecular complexity index is 1570. The van der Waals surface area contributed by atoms with Gasteiger partial charge in [0.1, 0.15) is 0 Å². The number of benzene rings is 2. The molecular weight excluding hydrogens is 464 g/mol. The van der Waals surface area contributed by atoms with E-state index >= 15 is 0 Å². The summed E-state index contributed by atoms with van der Waals surface area (Å²) in [6, 6.07) is 13.3. The number of carbonyl (C=O) groups is 1. The Hall–Kier alpha value is -4.02. The minimum atomic E-state index is -0.427. The van der Waals surface area contributed by atoms with E-state index in [-0.39, 0.29) is 0 Å². The molecule has 1 fully saturated rings. The Morgan fingerprint density at radius 3 is 2.86 bits per heavy atom. The van der Waals surface area contributed by atoms with Crippen LogP contribution in [-0.4, -0.2) is 59.5 Å². The van der Waals surface area contributed by atoms with Crippen LogP contribution < -0.4 is 10.6 Å². The lowest BCUT2D eigenvalue weighted by molar-refractivity contribution is 0.0601. The molecule has 176 valence electrons. The van der Waals surface area contributed by atoms with Crippen molar-refractivity contribution in [3.63, 3.8) is 0 Å². The van der Waals surface area contributed by atoms with Gasteiger partial charge in [-0.25, -0.2) is 14.8 Å². The number of H-pyrrole nitrogens is 1. The van der Waals surface area contributed by atoms with E-state index in [1.165, 1.54) is 7.11 Å². The molecule has 4 heterocycles. The molecule has 0 aliphatic carbocycles. The molecule has 0 amide bonds. The highest BCUT2D eigenvalue weighted by Crippen LogP contribution is 2.40. The first-order valence-electron chi connectivity index (χ1n) is 11.2. The number of anilines is 2. The second-order valence-corrected chi connectivity index (χ2v) is 9.32. The van der Waals surface area contributed by atoms with Crippen molar-refractivity contribution in [2.24, 2.45) is 0 Å². The number of fused-ring (bicyclic) bond motifs is 2. The number of hydrogen-bond donors (Lipinski definition) is 2. The van der Waals surface area contributed by atoms with Crippen LogP contribution >= 0.6 is 11.3 Å². The molecule has 1 aliphatic rings. The summed E-state index contributed by atoms with van der Waals surface area (Å²) in [4.78, 5) is 25.3. The summed E-state index contributed by atoms with van der Waals surface area (Å²) in [7, 11) is 1.36. The van der Waals surface area contributed by atoms with Gasteiger partial charge in [-0.3, -0.25) is 5.10 Å². The van der Waals surface area contributed by atoms with Gasteiger partial charge in [0.05, 0.1) is 47.8 Å². The maximum absolute atomic E-state index is 12.1. The van der Waals surface area contributed by atoms with Crippen molar-refractivity contribution in [3.05, 3.63) is 54.2 Å². The van der Waals surface area contributed by atoms with Gasteiger partial charge in [0.25, 0.3) is 0 Å². The van der Waals surface area contributed by atoms with Crippen molar-refractivity contribution in [2.75, 3.05) is 44.0 Å². The van der Waals surface area contributed by atoms with Gasteiger partial charge in [-0.2, -0.15) is 5.10 Å². The first-order valence-corrected chi connectivity index (χ1v) is 12.0. The minimum Gasteiger partial charge on any atom is -0.465 e. The number of nitrogens with one attached hydrogen (secondary N) is 1. The van der Waals surface area contributed by atoms with Gasteiger partial charge in [-0.1, -0.05) is 12.1 Å². The van der Waals surface area contributed by atoms with Gasteiger partial charge < -0.3 is 20.1 Å². The normalized spacial score (nSPS) is 14.0. The van der Waals surface area contributed by atoms with Gasteiger partial charge in [-0.15, -0.1) is 11.3 Å². The molecule has 0 atom stereocenters. The number of ether oxygens (including phenoxy) is 2. The molecule has 5 aromatic rings. The lowest BCUT2D eigenvalue weighted by Gasteiger charge is -2.28. The maximum atomic E-state index is 12.1. The monoisotopic (exact) mass is 486 g/mol. The smallest absolute Gasteiger partial charge is 0.337 e. The average molecular weight is 487 g/mol. The molecule has 0 saturated carbocycles. The van der Waals surface area contributed by atoms with E-state index in [2.05, 4.69) is 15.1 Å². The zero-order valence-corrected chi connectivity index (χ0v) is 19.8. The van der Waals surface area contributed by atoms with E-state index < -0.39 is 5.97 Å². The average Bonchev–Trinajstić information content (AvgIpc) is 3.55. The fourth-order valence-corrected chi connectivity index (χ4v) is 5.46. The van der Waals surface area contributed by atoms with Crippen LogP contribution in [0.15, 0.2) is 48.7 Å². The standard InChI is InChI=1S/C25H22N6O3S/c1-33-25(32)15-9-14(10-16(26)11-15)21-12-20-22(35-21)24(31-5-7-34-8-6-31)29-23(28-20)17-3-2-4-19-18(17)13-27-30-19/h2-4,9-13H,5-8,26H2,1H3,(H,27,30). The molecular formula is C25H22N6O3S. The molecule has 0 spiro atoms. The SMILES string of the molecule is COC(=O)c1cc(N)cc(-c2cc3nc(-c4cccc5[nH]ncc45)nc(N4CCOCC4)c3s2)c1. The van der Waals surface area contributed by atoms with Crippen LogP contribution in [-0.2, 0) is 9.47 Å². The molecule has 3 N–H and O–H groups in total. The highest BCUT2D eigenvalue weighted by Gasteiger charge is 2.22. The molecule has 1 saturated heterocycles. The predicted molar refractivity (Wildman–Crippen MR) is 137 cm³/mol. The third kappa shape index (κ3) is 3.86. The summed E-state index contributed by atoms with van der Waals surface area (Å²) in [6.07, 6.45) is 1.80. The van der Waals surface area contributed by atoms with Crippen LogP contribution in [0.5, 0.6) is 0 Å². The number of carbonyl (C=O) groups excluding carboxylic acids is 1. The summed E-state index contributed by atoms with van der Waals surface area (Å²) < 4.78 is 11.4. The quantitative estimate of drug-likeness (QED) is 0.288. The van der Waals surface area contributed by atoms with Crippen LogP contribution in [0, 0.1) is 0 Å². The van der Waals surface area contributed by atoms with Crippen LogP contribution in [0.2, 0.25) is 0 Å². The molecule has 1 aliphatic heterocycles. The van der Waals surface area contributed by atoms with Gasteiger partial charge in [0, 0.05) is 34.6 Å². The van der Waals surface area contributed by atoms with E-state index in [1.54, 1.807) is 29.7 Å². The number of rotatable bonds is 4. The Balaban J connectivity index is 1.55. The molecule has 10 heteroatoms. The number of methoxy groups -OCH3 is 1. The number of morpholine rings is 1. The maximum Gasteiger partial charge on any atom is 0.337 e. The largest absolute Gasteiger partial charge is 0.465 e. The minimum absolute atomic E-state index is 0.409. The van der Waals surface area contributed by atoms with Crippen LogP contribution in [0.1, 0.15) is 10.4 Å².